The quantitative estimate of drug-likeness (QED) is 0.848. The van der Waals surface area contributed by atoms with Crippen LogP contribution in [0, 0.1) is 0 Å². The van der Waals surface area contributed by atoms with Gasteiger partial charge in [-0.2, -0.15) is 0 Å². The standard InChI is InChI=1S/C20H21N3O2/c1-14-12-15-6-2-3-7-18(15)23(14)19(24)16-8-9-21-17(13-16)20(25)22-10-4-5-11-22/h2-3,6-9,13-14H,4-5,10-12H2,1H3. The fraction of sp³-hybridized carbons (Fsp3) is 0.350. The molecule has 1 fully saturated rings. The van der Waals surface area contributed by atoms with Gasteiger partial charge in [0.15, 0.2) is 0 Å². The van der Waals surface area contributed by atoms with Crippen LogP contribution in [0.4, 0.5) is 5.69 Å². The minimum Gasteiger partial charge on any atom is -0.337 e. The first kappa shape index (κ1) is 15.8. The average Bonchev–Trinajstić information content (AvgIpc) is 3.27. The van der Waals surface area contributed by atoms with E-state index in [1.807, 2.05) is 28.0 Å². The van der Waals surface area contributed by atoms with Gasteiger partial charge >= 0.3 is 0 Å². The van der Waals surface area contributed by atoms with Crippen molar-refractivity contribution in [2.45, 2.75) is 32.2 Å². The Labute approximate surface area is 147 Å². The summed E-state index contributed by atoms with van der Waals surface area (Å²) in [7, 11) is 0. The number of hydrogen-bond donors (Lipinski definition) is 0. The third-order valence-corrected chi connectivity index (χ3v) is 5.05. The van der Waals surface area contributed by atoms with Gasteiger partial charge in [0.1, 0.15) is 5.69 Å². The van der Waals surface area contributed by atoms with E-state index in [0.717, 1.165) is 38.0 Å². The molecule has 2 aliphatic heterocycles. The van der Waals surface area contributed by atoms with Crippen LogP contribution in [-0.4, -0.2) is 40.8 Å². The highest BCUT2D eigenvalue weighted by Crippen LogP contribution is 2.33. The molecular formula is C20H21N3O2. The topological polar surface area (TPSA) is 53.5 Å². The van der Waals surface area contributed by atoms with Gasteiger partial charge in [-0.3, -0.25) is 14.6 Å². The van der Waals surface area contributed by atoms with Gasteiger partial charge < -0.3 is 9.80 Å². The van der Waals surface area contributed by atoms with Gasteiger partial charge in [-0.15, -0.1) is 0 Å². The number of rotatable bonds is 2. The molecule has 0 N–H and O–H groups in total. The van der Waals surface area contributed by atoms with E-state index in [-0.39, 0.29) is 17.9 Å². The Morgan fingerprint density at radius 3 is 2.64 bits per heavy atom. The first-order chi connectivity index (χ1) is 12.1. The summed E-state index contributed by atoms with van der Waals surface area (Å²) in [6, 6.07) is 11.4. The molecule has 1 aromatic carbocycles. The molecule has 0 aliphatic carbocycles. The third kappa shape index (κ3) is 2.80. The van der Waals surface area contributed by atoms with Crippen molar-refractivity contribution in [2.75, 3.05) is 18.0 Å². The second-order valence-electron chi connectivity index (χ2n) is 6.79. The molecule has 5 nitrogen and oxygen atoms in total. The minimum atomic E-state index is -0.0815. The zero-order chi connectivity index (χ0) is 17.4. The van der Waals surface area contributed by atoms with Gasteiger partial charge in [-0.1, -0.05) is 18.2 Å². The lowest BCUT2D eigenvalue weighted by Crippen LogP contribution is -2.36. The van der Waals surface area contributed by atoms with Crippen LogP contribution in [0.5, 0.6) is 0 Å². The molecule has 1 unspecified atom stereocenters. The van der Waals surface area contributed by atoms with Gasteiger partial charge in [0.25, 0.3) is 11.8 Å². The number of benzene rings is 1. The lowest BCUT2D eigenvalue weighted by Gasteiger charge is -2.23. The van der Waals surface area contributed by atoms with Gasteiger partial charge in [0.05, 0.1) is 0 Å². The Kier molecular flexibility index (Phi) is 3.99. The Bertz CT molecular complexity index is 827. The number of nitrogens with zero attached hydrogens (tertiary/aromatic N) is 3. The van der Waals surface area contributed by atoms with Crippen LogP contribution in [-0.2, 0) is 6.42 Å². The number of hydrogen-bond acceptors (Lipinski definition) is 3. The van der Waals surface area contributed by atoms with E-state index in [9.17, 15) is 9.59 Å². The molecule has 2 amide bonds. The Morgan fingerprint density at radius 2 is 1.84 bits per heavy atom. The molecule has 1 atom stereocenters. The summed E-state index contributed by atoms with van der Waals surface area (Å²) in [6.07, 6.45) is 4.48. The number of fused-ring (bicyclic) bond motifs is 1. The smallest absolute Gasteiger partial charge is 0.272 e. The number of para-hydroxylation sites is 1. The molecule has 2 aromatic rings. The van der Waals surface area contributed by atoms with Crippen molar-refractivity contribution >= 4 is 17.5 Å². The highest BCUT2D eigenvalue weighted by Gasteiger charge is 2.31. The Balaban J connectivity index is 1.63. The molecule has 0 radical (unpaired) electrons. The second kappa shape index (κ2) is 6.31. The third-order valence-electron chi connectivity index (χ3n) is 5.05. The molecule has 0 saturated carbocycles. The number of aromatic nitrogens is 1. The van der Waals surface area contributed by atoms with E-state index in [1.54, 1.807) is 18.3 Å². The molecule has 1 saturated heterocycles. The molecule has 3 heterocycles. The van der Waals surface area contributed by atoms with Crippen LogP contribution >= 0.6 is 0 Å². The predicted octanol–water partition coefficient (Wildman–Crippen LogP) is 2.91. The van der Waals surface area contributed by atoms with Crippen molar-refractivity contribution in [2.24, 2.45) is 0 Å². The first-order valence-corrected chi connectivity index (χ1v) is 8.82. The summed E-state index contributed by atoms with van der Waals surface area (Å²) in [5.41, 5.74) is 3.02. The normalized spacial score (nSPS) is 19.2. The summed E-state index contributed by atoms with van der Waals surface area (Å²) < 4.78 is 0. The maximum Gasteiger partial charge on any atom is 0.272 e. The van der Waals surface area contributed by atoms with Crippen molar-refractivity contribution in [3.63, 3.8) is 0 Å². The molecule has 25 heavy (non-hydrogen) atoms. The summed E-state index contributed by atoms with van der Waals surface area (Å²) in [5, 5.41) is 0. The highest BCUT2D eigenvalue weighted by atomic mass is 16.2. The van der Waals surface area contributed by atoms with Crippen molar-refractivity contribution < 1.29 is 9.59 Å². The highest BCUT2D eigenvalue weighted by molar-refractivity contribution is 6.08. The van der Waals surface area contributed by atoms with E-state index in [0.29, 0.717) is 11.3 Å². The summed E-state index contributed by atoms with van der Waals surface area (Å²) >= 11 is 0. The lowest BCUT2D eigenvalue weighted by molar-refractivity contribution is 0.0787. The largest absolute Gasteiger partial charge is 0.337 e. The monoisotopic (exact) mass is 335 g/mol. The number of carbonyl (C=O) groups excluding carboxylic acids is 2. The maximum absolute atomic E-state index is 13.1. The van der Waals surface area contributed by atoms with Gasteiger partial charge in [-0.05, 0) is 49.9 Å². The average molecular weight is 335 g/mol. The Morgan fingerprint density at radius 1 is 1.08 bits per heavy atom. The zero-order valence-corrected chi connectivity index (χ0v) is 14.3. The van der Waals surface area contributed by atoms with Gasteiger partial charge in [0, 0.05) is 36.6 Å². The second-order valence-corrected chi connectivity index (χ2v) is 6.79. The number of likely N-dealkylation sites (tertiary alicyclic amines) is 1. The van der Waals surface area contributed by atoms with Gasteiger partial charge in [-0.25, -0.2) is 0 Å². The van der Waals surface area contributed by atoms with Crippen molar-refractivity contribution in [3.05, 3.63) is 59.4 Å². The summed E-state index contributed by atoms with van der Waals surface area (Å²) in [6.45, 7) is 3.60. The molecule has 128 valence electrons. The molecule has 5 heteroatoms. The first-order valence-electron chi connectivity index (χ1n) is 8.82. The van der Waals surface area contributed by atoms with Crippen LogP contribution in [0.3, 0.4) is 0 Å². The molecule has 1 aromatic heterocycles. The maximum atomic E-state index is 13.1. The predicted molar refractivity (Wildman–Crippen MR) is 95.8 cm³/mol. The fourth-order valence-electron chi connectivity index (χ4n) is 3.78. The Hall–Kier alpha value is -2.69. The van der Waals surface area contributed by atoms with E-state index < -0.39 is 0 Å². The van der Waals surface area contributed by atoms with E-state index in [2.05, 4.69) is 18.0 Å². The van der Waals surface area contributed by atoms with Gasteiger partial charge in [0.2, 0.25) is 0 Å². The molecule has 2 aliphatic rings. The number of carbonyl (C=O) groups is 2. The minimum absolute atomic E-state index is 0.0738. The number of amides is 2. The van der Waals surface area contributed by atoms with E-state index >= 15 is 0 Å². The van der Waals surface area contributed by atoms with Crippen LogP contribution in [0.2, 0.25) is 0 Å². The van der Waals surface area contributed by atoms with Crippen molar-refractivity contribution in [1.29, 1.82) is 0 Å². The molecule has 0 bridgehead atoms. The van der Waals surface area contributed by atoms with Crippen LogP contribution in [0.25, 0.3) is 0 Å². The van der Waals surface area contributed by atoms with Crippen molar-refractivity contribution in [3.8, 4) is 0 Å². The lowest BCUT2D eigenvalue weighted by atomic mass is 10.1. The van der Waals surface area contributed by atoms with E-state index in [1.165, 1.54) is 5.56 Å². The summed E-state index contributed by atoms with van der Waals surface area (Å²) in [5.74, 6) is -0.155. The van der Waals surface area contributed by atoms with Crippen LogP contribution < -0.4 is 4.90 Å². The molecule has 0 spiro atoms. The van der Waals surface area contributed by atoms with Crippen molar-refractivity contribution in [1.82, 2.24) is 9.88 Å². The fourth-order valence-corrected chi connectivity index (χ4v) is 3.78. The SMILES string of the molecule is CC1Cc2ccccc2N1C(=O)c1ccnc(C(=O)N2CCCC2)c1. The zero-order valence-electron chi connectivity index (χ0n) is 14.3. The van der Waals surface area contributed by atoms with Crippen LogP contribution in [0.1, 0.15) is 46.2 Å². The molecule has 4 rings (SSSR count). The van der Waals surface area contributed by atoms with Crippen LogP contribution in [0.15, 0.2) is 42.6 Å². The summed E-state index contributed by atoms with van der Waals surface area (Å²) in [4.78, 5) is 33.5. The number of pyridine rings is 1. The van der Waals surface area contributed by atoms with E-state index in [4.69, 9.17) is 0 Å². The number of anilines is 1. The molecular weight excluding hydrogens is 314 g/mol.